The van der Waals surface area contributed by atoms with Gasteiger partial charge in [0.05, 0.1) is 0 Å². The number of piperidine rings is 1. The fourth-order valence-corrected chi connectivity index (χ4v) is 5.37. The van der Waals surface area contributed by atoms with Crippen LogP contribution in [0.3, 0.4) is 0 Å². The van der Waals surface area contributed by atoms with E-state index in [1.165, 1.54) is 5.56 Å². The number of rotatable bonds is 3. The molecule has 0 amide bonds. The van der Waals surface area contributed by atoms with Crippen LogP contribution in [0.4, 0.5) is 5.88 Å². The van der Waals surface area contributed by atoms with E-state index in [1.54, 1.807) is 6.07 Å². The highest BCUT2D eigenvalue weighted by atomic mass is 16.4. The lowest BCUT2D eigenvalue weighted by Crippen LogP contribution is -2.47. The summed E-state index contributed by atoms with van der Waals surface area (Å²) in [5, 5.41) is 9.70. The van der Waals surface area contributed by atoms with Crippen LogP contribution in [-0.2, 0) is 6.54 Å². The molecule has 4 heterocycles. The van der Waals surface area contributed by atoms with Crippen LogP contribution in [-0.4, -0.2) is 22.6 Å². The molecule has 3 aromatic rings. The van der Waals surface area contributed by atoms with E-state index >= 15 is 0 Å². The molecule has 150 valence electrons. The number of aromatic nitrogens is 2. The third-order valence-electron chi connectivity index (χ3n) is 6.83. The number of nitriles is 1. The van der Waals surface area contributed by atoms with Crippen LogP contribution in [0.25, 0.3) is 0 Å². The summed E-state index contributed by atoms with van der Waals surface area (Å²) >= 11 is 0. The molecule has 2 fully saturated rings. The molecule has 30 heavy (non-hydrogen) atoms. The van der Waals surface area contributed by atoms with Gasteiger partial charge >= 0.3 is 0 Å². The Morgan fingerprint density at radius 1 is 1.00 bits per heavy atom. The van der Waals surface area contributed by atoms with Crippen molar-refractivity contribution in [2.24, 2.45) is 5.92 Å². The minimum absolute atomic E-state index is 0.0796. The van der Waals surface area contributed by atoms with Gasteiger partial charge in [-0.05, 0) is 36.3 Å². The average Bonchev–Trinajstić information content (AvgIpc) is 3.46. The summed E-state index contributed by atoms with van der Waals surface area (Å²) in [6.45, 7) is 2.26. The number of oxazole rings is 1. The smallest absolute Gasteiger partial charge is 0.250 e. The van der Waals surface area contributed by atoms with Gasteiger partial charge in [0.2, 0.25) is 17.5 Å². The molecule has 6 heteroatoms. The Bertz CT molecular complexity index is 1210. The van der Waals surface area contributed by atoms with E-state index in [0.717, 1.165) is 38.2 Å². The minimum atomic E-state index is 0.0796. The first-order valence-electron chi connectivity index (χ1n) is 10.6. The number of nitrogens with zero attached hydrogens (tertiary/aromatic N) is 4. The van der Waals surface area contributed by atoms with Crippen molar-refractivity contribution in [2.75, 3.05) is 18.0 Å². The van der Waals surface area contributed by atoms with Gasteiger partial charge in [0.1, 0.15) is 6.07 Å². The third-order valence-corrected chi connectivity index (χ3v) is 6.83. The molecular formula is C24H22N4O2. The molecule has 0 spiro atoms. The Kier molecular flexibility index (Phi) is 3.85. The number of pyridine rings is 1. The van der Waals surface area contributed by atoms with E-state index < -0.39 is 0 Å². The van der Waals surface area contributed by atoms with Crippen molar-refractivity contribution in [1.29, 1.82) is 5.26 Å². The van der Waals surface area contributed by atoms with Gasteiger partial charge in [0.15, 0.2) is 0 Å². The van der Waals surface area contributed by atoms with Crippen molar-refractivity contribution in [2.45, 2.75) is 37.1 Å². The summed E-state index contributed by atoms with van der Waals surface area (Å²) < 4.78 is 8.14. The van der Waals surface area contributed by atoms with E-state index in [0.29, 0.717) is 29.3 Å². The first kappa shape index (κ1) is 17.5. The molecule has 4 atom stereocenters. The van der Waals surface area contributed by atoms with Gasteiger partial charge in [0, 0.05) is 43.2 Å². The molecule has 6 rings (SSSR count). The van der Waals surface area contributed by atoms with Crippen molar-refractivity contribution in [3.63, 3.8) is 0 Å². The van der Waals surface area contributed by atoms with Crippen LogP contribution < -0.4 is 10.5 Å². The van der Waals surface area contributed by atoms with Crippen LogP contribution in [0.2, 0.25) is 0 Å². The van der Waals surface area contributed by atoms with E-state index in [2.05, 4.69) is 46.3 Å². The number of anilines is 1. The Balaban J connectivity index is 1.28. The number of fused-ring (bicyclic) bond motifs is 4. The van der Waals surface area contributed by atoms with Gasteiger partial charge in [-0.2, -0.15) is 5.26 Å². The van der Waals surface area contributed by atoms with Gasteiger partial charge in [-0.25, -0.2) is 4.98 Å². The average molecular weight is 398 g/mol. The largest absolute Gasteiger partial charge is 0.423 e. The van der Waals surface area contributed by atoms with Crippen LogP contribution in [0.5, 0.6) is 0 Å². The summed E-state index contributed by atoms with van der Waals surface area (Å²) in [6, 6.07) is 18.2. The van der Waals surface area contributed by atoms with E-state index in [-0.39, 0.29) is 17.4 Å². The molecule has 0 N–H and O–H groups in total. The van der Waals surface area contributed by atoms with Crippen LogP contribution in [0, 0.1) is 17.2 Å². The number of hydrogen-bond donors (Lipinski definition) is 0. The zero-order valence-corrected chi connectivity index (χ0v) is 16.6. The van der Waals surface area contributed by atoms with Gasteiger partial charge in [-0.3, -0.25) is 4.79 Å². The summed E-state index contributed by atoms with van der Waals surface area (Å²) in [4.78, 5) is 19.0. The van der Waals surface area contributed by atoms with E-state index in [9.17, 15) is 10.1 Å². The third kappa shape index (κ3) is 2.77. The SMILES string of the molecule is N#Cc1nc(C2CC2c2ccccc2)oc1N1C[C@@H]2C[C@@H](C1)c1cccc(=O)n1C2. The number of benzene rings is 1. The molecule has 6 nitrogen and oxygen atoms in total. The van der Waals surface area contributed by atoms with Crippen molar-refractivity contribution in [3.8, 4) is 6.07 Å². The lowest BCUT2D eigenvalue weighted by Gasteiger charge is -2.42. The van der Waals surface area contributed by atoms with Gasteiger partial charge in [-0.15, -0.1) is 0 Å². The maximum Gasteiger partial charge on any atom is 0.250 e. The maximum absolute atomic E-state index is 12.3. The molecule has 2 aromatic heterocycles. The summed E-state index contributed by atoms with van der Waals surface area (Å²) in [5.41, 5.74) is 2.86. The van der Waals surface area contributed by atoms with Gasteiger partial charge in [-0.1, -0.05) is 36.4 Å². The highest BCUT2D eigenvalue weighted by Gasteiger charge is 2.44. The molecule has 0 radical (unpaired) electrons. The fraction of sp³-hybridized carbons (Fsp3) is 0.375. The molecule has 1 saturated heterocycles. The highest BCUT2D eigenvalue weighted by Crippen LogP contribution is 2.55. The number of hydrogen-bond acceptors (Lipinski definition) is 5. The predicted octanol–water partition coefficient (Wildman–Crippen LogP) is 3.60. The molecule has 2 aliphatic heterocycles. The monoisotopic (exact) mass is 398 g/mol. The van der Waals surface area contributed by atoms with Crippen LogP contribution >= 0.6 is 0 Å². The molecular weight excluding hydrogens is 376 g/mol. The van der Waals surface area contributed by atoms with Crippen molar-refractivity contribution in [1.82, 2.24) is 9.55 Å². The highest BCUT2D eigenvalue weighted by molar-refractivity contribution is 5.50. The Hall–Kier alpha value is -3.33. The molecule has 1 saturated carbocycles. The Morgan fingerprint density at radius 2 is 1.87 bits per heavy atom. The quantitative estimate of drug-likeness (QED) is 0.674. The van der Waals surface area contributed by atoms with Crippen molar-refractivity contribution < 1.29 is 4.42 Å². The standard InChI is InChI=1S/C24H22N4O2/c25-11-20-24(30-23(26-20)19-10-18(19)16-5-2-1-3-6-16)27-12-15-9-17(14-27)21-7-4-8-22(29)28(21)13-15/h1-8,15,17-19H,9-10,12-14H2/t15-,17-,18?,19?/m0/s1. The van der Waals surface area contributed by atoms with Crippen LogP contribution in [0.15, 0.2) is 57.7 Å². The fourth-order valence-electron chi connectivity index (χ4n) is 5.37. The summed E-state index contributed by atoms with van der Waals surface area (Å²) in [7, 11) is 0. The summed E-state index contributed by atoms with van der Waals surface area (Å²) in [6.07, 6.45) is 2.08. The predicted molar refractivity (Wildman–Crippen MR) is 112 cm³/mol. The second-order valence-electron chi connectivity index (χ2n) is 8.78. The lowest BCUT2D eigenvalue weighted by atomic mass is 9.83. The molecule has 3 aliphatic rings. The topological polar surface area (TPSA) is 75.1 Å². The van der Waals surface area contributed by atoms with Gasteiger partial charge in [0.25, 0.3) is 5.56 Å². The minimum Gasteiger partial charge on any atom is -0.423 e. The second kappa shape index (κ2) is 6.60. The first-order chi connectivity index (χ1) is 14.7. The van der Waals surface area contributed by atoms with Crippen molar-refractivity contribution in [3.05, 3.63) is 81.7 Å². The maximum atomic E-state index is 12.3. The van der Waals surface area contributed by atoms with Crippen LogP contribution in [0.1, 0.15) is 53.4 Å². The van der Waals surface area contributed by atoms with Crippen molar-refractivity contribution >= 4 is 5.88 Å². The van der Waals surface area contributed by atoms with E-state index in [1.807, 2.05) is 16.7 Å². The Labute approximate surface area is 174 Å². The van der Waals surface area contributed by atoms with Gasteiger partial charge < -0.3 is 13.9 Å². The Morgan fingerprint density at radius 3 is 2.70 bits per heavy atom. The normalized spacial score (nSPS) is 26.7. The molecule has 1 aromatic carbocycles. The molecule has 2 bridgehead atoms. The molecule has 1 aliphatic carbocycles. The first-order valence-corrected chi connectivity index (χ1v) is 10.6. The zero-order valence-electron chi connectivity index (χ0n) is 16.6. The lowest BCUT2D eigenvalue weighted by molar-refractivity contribution is 0.274. The van der Waals surface area contributed by atoms with E-state index in [4.69, 9.17) is 4.42 Å². The second-order valence-corrected chi connectivity index (χ2v) is 8.78. The molecule has 2 unspecified atom stereocenters. The zero-order chi connectivity index (χ0) is 20.2. The summed E-state index contributed by atoms with van der Waals surface area (Å²) in [5.74, 6) is 2.59.